The molecule has 1 fully saturated rings. The van der Waals surface area contributed by atoms with E-state index in [0.717, 1.165) is 12.8 Å². The summed E-state index contributed by atoms with van der Waals surface area (Å²) in [6.07, 6.45) is 5.88. The SMILES string of the molecule is CNCC(=O)N(CCO)C1CCCCC1. The van der Waals surface area contributed by atoms with Crippen LogP contribution in [0.2, 0.25) is 0 Å². The van der Waals surface area contributed by atoms with Gasteiger partial charge in [-0.2, -0.15) is 0 Å². The minimum Gasteiger partial charge on any atom is -0.395 e. The fraction of sp³-hybridized carbons (Fsp3) is 0.909. The first-order valence-corrected chi connectivity index (χ1v) is 5.84. The molecule has 88 valence electrons. The smallest absolute Gasteiger partial charge is 0.236 e. The molecule has 4 heteroatoms. The summed E-state index contributed by atoms with van der Waals surface area (Å²) in [5, 5.41) is 11.8. The van der Waals surface area contributed by atoms with Gasteiger partial charge in [-0.3, -0.25) is 4.79 Å². The highest BCUT2D eigenvalue weighted by Gasteiger charge is 2.24. The van der Waals surface area contributed by atoms with Gasteiger partial charge in [-0.15, -0.1) is 0 Å². The van der Waals surface area contributed by atoms with E-state index in [4.69, 9.17) is 5.11 Å². The van der Waals surface area contributed by atoms with Gasteiger partial charge in [0.25, 0.3) is 0 Å². The van der Waals surface area contributed by atoms with Crippen LogP contribution in [0.15, 0.2) is 0 Å². The first kappa shape index (κ1) is 12.5. The van der Waals surface area contributed by atoms with Gasteiger partial charge in [-0.25, -0.2) is 0 Å². The van der Waals surface area contributed by atoms with Gasteiger partial charge in [0.1, 0.15) is 0 Å². The average Bonchev–Trinajstić information content (AvgIpc) is 2.27. The minimum absolute atomic E-state index is 0.0615. The van der Waals surface area contributed by atoms with Crippen LogP contribution in [0.3, 0.4) is 0 Å². The maximum atomic E-state index is 11.8. The van der Waals surface area contributed by atoms with Crippen molar-refractivity contribution in [1.29, 1.82) is 0 Å². The second-order valence-electron chi connectivity index (χ2n) is 4.13. The van der Waals surface area contributed by atoms with Crippen LogP contribution in [0.25, 0.3) is 0 Å². The number of nitrogens with zero attached hydrogens (tertiary/aromatic N) is 1. The second kappa shape index (κ2) is 6.80. The van der Waals surface area contributed by atoms with Crippen LogP contribution >= 0.6 is 0 Å². The molecule has 0 radical (unpaired) electrons. The van der Waals surface area contributed by atoms with E-state index in [0.29, 0.717) is 19.1 Å². The molecule has 4 nitrogen and oxygen atoms in total. The van der Waals surface area contributed by atoms with Crippen molar-refractivity contribution in [3.63, 3.8) is 0 Å². The molecule has 0 aromatic heterocycles. The molecule has 0 unspecified atom stereocenters. The molecule has 1 saturated carbocycles. The summed E-state index contributed by atoms with van der Waals surface area (Å²) < 4.78 is 0. The van der Waals surface area contributed by atoms with Crippen LogP contribution in [-0.2, 0) is 4.79 Å². The predicted octanol–water partition coefficient (Wildman–Crippen LogP) is 0.359. The van der Waals surface area contributed by atoms with Gasteiger partial charge in [-0.05, 0) is 19.9 Å². The number of hydrogen-bond donors (Lipinski definition) is 2. The number of amides is 1. The van der Waals surface area contributed by atoms with Gasteiger partial charge in [0.2, 0.25) is 5.91 Å². The Labute approximate surface area is 91.6 Å². The standard InChI is InChI=1S/C11H22N2O2/c1-12-9-11(15)13(7-8-14)10-5-3-2-4-6-10/h10,12,14H,2-9H2,1H3. The lowest BCUT2D eigenvalue weighted by molar-refractivity contribution is -0.133. The Balaban J connectivity index is 2.50. The average molecular weight is 214 g/mol. The summed E-state index contributed by atoms with van der Waals surface area (Å²) >= 11 is 0. The first-order valence-electron chi connectivity index (χ1n) is 5.84. The summed E-state index contributed by atoms with van der Waals surface area (Å²) in [6.45, 7) is 0.910. The fourth-order valence-corrected chi connectivity index (χ4v) is 2.26. The molecule has 0 aromatic rings. The van der Waals surface area contributed by atoms with Crippen molar-refractivity contribution < 1.29 is 9.90 Å². The summed E-state index contributed by atoms with van der Waals surface area (Å²) in [4.78, 5) is 13.6. The van der Waals surface area contributed by atoms with Crippen LogP contribution in [0.5, 0.6) is 0 Å². The Bertz CT molecular complexity index is 191. The van der Waals surface area contributed by atoms with E-state index in [2.05, 4.69) is 5.32 Å². The van der Waals surface area contributed by atoms with E-state index >= 15 is 0 Å². The predicted molar refractivity (Wildman–Crippen MR) is 59.6 cm³/mol. The maximum absolute atomic E-state index is 11.8. The largest absolute Gasteiger partial charge is 0.395 e. The molecule has 0 bridgehead atoms. The lowest BCUT2D eigenvalue weighted by Gasteiger charge is -2.34. The van der Waals surface area contributed by atoms with Crippen LogP contribution in [0.1, 0.15) is 32.1 Å². The molecule has 1 amide bonds. The zero-order valence-corrected chi connectivity index (χ0v) is 9.54. The van der Waals surface area contributed by atoms with E-state index < -0.39 is 0 Å². The normalized spacial score (nSPS) is 17.7. The topological polar surface area (TPSA) is 52.6 Å². The molecule has 0 heterocycles. The lowest BCUT2D eigenvalue weighted by atomic mass is 9.94. The third-order valence-electron chi connectivity index (χ3n) is 3.00. The fourth-order valence-electron chi connectivity index (χ4n) is 2.26. The summed E-state index contributed by atoms with van der Waals surface area (Å²) in [5.74, 6) is 0.110. The molecule has 0 spiro atoms. The number of hydrogen-bond acceptors (Lipinski definition) is 3. The van der Waals surface area contributed by atoms with E-state index in [1.165, 1.54) is 19.3 Å². The Kier molecular flexibility index (Phi) is 5.65. The third-order valence-corrected chi connectivity index (χ3v) is 3.00. The molecule has 2 N–H and O–H groups in total. The van der Waals surface area contributed by atoms with Crippen molar-refractivity contribution in [2.45, 2.75) is 38.1 Å². The lowest BCUT2D eigenvalue weighted by Crippen LogP contribution is -2.46. The Hall–Kier alpha value is -0.610. The van der Waals surface area contributed by atoms with Crippen molar-refractivity contribution in [3.8, 4) is 0 Å². The monoisotopic (exact) mass is 214 g/mol. The molecule has 15 heavy (non-hydrogen) atoms. The number of carbonyl (C=O) groups excluding carboxylic acids is 1. The van der Waals surface area contributed by atoms with Gasteiger partial charge >= 0.3 is 0 Å². The highest BCUT2D eigenvalue weighted by Crippen LogP contribution is 2.22. The van der Waals surface area contributed by atoms with Gasteiger partial charge in [0.15, 0.2) is 0 Å². The first-order chi connectivity index (χ1) is 7.29. The molecular formula is C11H22N2O2. The second-order valence-corrected chi connectivity index (χ2v) is 4.13. The Morgan fingerprint density at radius 1 is 1.40 bits per heavy atom. The Morgan fingerprint density at radius 2 is 2.07 bits per heavy atom. The molecule has 1 aliphatic rings. The number of aliphatic hydroxyl groups excluding tert-OH is 1. The number of rotatable bonds is 5. The maximum Gasteiger partial charge on any atom is 0.236 e. The van der Waals surface area contributed by atoms with Gasteiger partial charge < -0.3 is 15.3 Å². The highest BCUT2D eigenvalue weighted by atomic mass is 16.3. The molecule has 0 aromatic carbocycles. The number of likely N-dealkylation sites (N-methyl/N-ethyl adjacent to an activating group) is 1. The number of carbonyl (C=O) groups is 1. The van der Waals surface area contributed by atoms with Crippen molar-refractivity contribution in [2.75, 3.05) is 26.7 Å². The Morgan fingerprint density at radius 3 is 2.60 bits per heavy atom. The van der Waals surface area contributed by atoms with E-state index in [1.807, 2.05) is 4.90 Å². The third kappa shape index (κ3) is 3.80. The molecule has 1 rings (SSSR count). The zero-order valence-electron chi connectivity index (χ0n) is 9.54. The molecular weight excluding hydrogens is 192 g/mol. The van der Waals surface area contributed by atoms with E-state index in [9.17, 15) is 4.79 Å². The van der Waals surface area contributed by atoms with Crippen molar-refractivity contribution in [1.82, 2.24) is 10.2 Å². The van der Waals surface area contributed by atoms with Crippen molar-refractivity contribution in [2.24, 2.45) is 0 Å². The summed E-state index contributed by atoms with van der Waals surface area (Å²) in [5.41, 5.74) is 0. The van der Waals surface area contributed by atoms with E-state index in [-0.39, 0.29) is 12.5 Å². The van der Waals surface area contributed by atoms with Gasteiger partial charge in [0.05, 0.1) is 13.2 Å². The quantitative estimate of drug-likeness (QED) is 0.695. The van der Waals surface area contributed by atoms with Gasteiger partial charge in [-0.1, -0.05) is 19.3 Å². The van der Waals surface area contributed by atoms with Crippen LogP contribution in [-0.4, -0.2) is 48.7 Å². The highest BCUT2D eigenvalue weighted by molar-refractivity contribution is 5.78. The van der Waals surface area contributed by atoms with Crippen LogP contribution in [0, 0.1) is 0 Å². The molecule has 0 saturated heterocycles. The van der Waals surface area contributed by atoms with Gasteiger partial charge in [0, 0.05) is 12.6 Å². The minimum atomic E-state index is 0.0615. The summed E-state index contributed by atoms with van der Waals surface area (Å²) in [7, 11) is 1.77. The number of aliphatic hydroxyl groups is 1. The van der Waals surface area contributed by atoms with Crippen LogP contribution in [0.4, 0.5) is 0 Å². The molecule has 0 aliphatic heterocycles. The van der Waals surface area contributed by atoms with Crippen LogP contribution < -0.4 is 5.32 Å². The van der Waals surface area contributed by atoms with Crippen molar-refractivity contribution in [3.05, 3.63) is 0 Å². The number of nitrogens with one attached hydrogen (secondary N) is 1. The van der Waals surface area contributed by atoms with Crippen molar-refractivity contribution >= 4 is 5.91 Å². The molecule has 1 aliphatic carbocycles. The molecule has 0 atom stereocenters. The van der Waals surface area contributed by atoms with E-state index in [1.54, 1.807) is 7.05 Å². The zero-order chi connectivity index (χ0) is 11.1. The summed E-state index contributed by atoms with van der Waals surface area (Å²) in [6, 6.07) is 0.353.